The molecule has 1 fully saturated rings. The van der Waals surface area contributed by atoms with Gasteiger partial charge in [-0.15, -0.1) is 0 Å². The normalized spacial score (nSPS) is 17.4. The lowest BCUT2D eigenvalue weighted by atomic mass is 10.3. The molecule has 0 spiro atoms. The van der Waals surface area contributed by atoms with Crippen molar-refractivity contribution in [3.05, 3.63) is 27.8 Å². The molecule has 1 aliphatic heterocycles. The van der Waals surface area contributed by atoms with E-state index in [1.54, 1.807) is 0 Å². The van der Waals surface area contributed by atoms with E-state index in [9.17, 15) is 4.79 Å². The number of anilines is 1. The fourth-order valence-electron chi connectivity index (χ4n) is 2.20. The third-order valence-corrected chi connectivity index (χ3v) is 4.13. The first kappa shape index (κ1) is 14.7. The molecule has 0 bridgehead atoms. The Balaban J connectivity index is 1.77. The Hall–Kier alpha value is -0.660. The van der Waals surface area contributed by atoms with Gasteiger partial charge in [0, 0.05) is 35.4 Å². The average molecular weight is 373 g/mol. The molecular weight excluding hydrogens is 353 g/mol. The predicted molar refractivity (Wildman–Crippen MR) is 86.3 cm³/mol. The van der Waals surface area contributed by atoms with Crippen molar-refractivity contribution in [3.8, 4) is 0 Å². The van der Waals surface area contributed by atoms with E-state index in [0.29, 0.717) is 6.54 Å². The summed E-state index contributed by atoms with van der Waals surface area (Å²) in [5.41, 5.74) is 0.873. The summed E-state index contributed by atoms with van der Waals surface area (Å²) in [6.45, 7) is 7.86. The molecule has 0 aromatic heterocycles. The van der Waals surface area contributed by atoms with E-state index >= 15 is 0 Å². The van der Waals surface area contributed by atoms with Crippen molar-refractivity contribution in [2.45, 2.75) is 6.92 Å². The number of likely N-dealkylation sites (N-methyl/N-ethyl adjacent to an activating group) is 1. The Kier molecular flexibility index (Phi) is 5.59. The van der Waals surface area contributed by atoms with Gasteiger partial charge in [-0.25, -0.2) is 0 Å². The molecular formula is C14H20IN3O. The smallest absolute Gasteiger partial charge is 0.238 e. The van der Waals surface area contributed by atoms with Crippen LogP contribution in [0.1, 0.15) is 6.92 Å². The van der Waals surface area contributed by atoms with E-state index in [1.807, 2.05) is 24.3 Å². The quantitative estimate of drug-likeness (QED) is 0.819. The summed E-state index contributed by atoms with van der Waals surface area (Å²) in [5, 5.41) is 2.94. The number of rotatable bonds is 4. The van der Waals surface area contributed by atoms with E-state index in [1.165, 1.54) is 3.57 Å². The van der Waals surface area contributed by atoms with Gasteiger partial charge in [0.2, 0.25) is 5.91 Å². The van der Waals surface area contributed by atoms with E-state index in [4.69, 9.17) is 0 Å². The number of amides is 1. The van der Waals surface area contributed by atoms with Gasteiger partial charge in [-0.3, -0.25) is 9.69 Å². The van der Waals surface area contributed by atoms with Crippen molar-refractivity contribution >= 4 is 34.2 Å². The van der Waals surface area contributed by atoms with E-state index in [-0.39, 0.29) is 5.91 Å². The molecule has 0 atom stereocenters. The molecule has 1 aromatic carbocycles. The molecule has 0 radical (unpaired) electrons. The zero-order valence-corrected chi connectivity index (χ0v) is 13.4. The van der Waals surface area contributed by atoms with Gasteiger partial charge in [-0.1, -0.05) is 6.92 Å². The number of benzene rings is 1. The lowest BCUT2D eigenvalue weighted by Crippen LogP contribution is -2.48. The van der Waals surface area contributed by atoms with Gasteiger partial charge in [-0.2, -0.15) is 0 Å². The van der Waals surface area contributed by atoms with Crippen LogP contribution in [0.3, 0.4) is 0 Å². The lowest BCUT2D eigenvalue weighted by molar-refractivity contribution is -0.117. The van der Waals surface area contributed by atoms with Crippen LogP contribution in [0.4, 0.5) is 5.69 Å². The molecule has 1 heterocycles. The molecule has 104 valence electrons. The molecule has 0 saturated carbocycles. The fraction of sp³-hybridized carbons (Fsp3) is 0.500. The summed E-state index contributed by atoms with van der Waals surface area (Å²) in [7, 11) is 0. The van der Waals surface area contributed by atoms with Crippen LogP contribution in [-0.4, -0.2) is 55.0 Å². The van der Waals surface area contributed by atoms with Crippen LogP contribution in [0.2, 0.25) is 0 Å². The SMILES string of the molecule is CCN1CCN(CC(=O)Nc2ccc(I)cc2)CC1. The molecule has 19 heavy (non-hydrogen) atoms. The van der Waals surface area contributed by atoms with Gasteiger partial charge < -0.3 is 10.2 Å². The number of hydrogen-bond acceptors (Lipinski definition) is 3. The maximum absolute atomic E-state index is 11.9. The number of piperazine rings is 1. The highest BCUT2D eigenvalue weighted by molar-refractivity contribution is 14.1. The number of halogens is 1. The predicted octanol–water partition coefficient (Wildman–Crippen LogP) is 1.87. The zero-order valence-electron chi connectivity index (χ0n) is 11.2. The molecule has 5 heteroatoms. The summed E-state index contributed by atoms with van der Waals surface area (Å²) in [6, 6.07) is 7.87. The second kappa shape index (κ2) is 7.21. The minimum absolute atomic E-state index is 0.0751. The van der Waals surface area contributed by atoms with Gasteiger partial charge >= 0.3 is 0 Å². The molecule has 0 unspecified atom stereocenters. The molecule has 1 saturated heterocycles. The molecule has 1 amide bonds. The Morgan fingerprint density at radius 1 is 1.16 bits per heavy atom. The first-order valence-corrected chi connectivity index (χ1v) is 7.75. The second-order valence-electron chi connectivity index (χ2n) is 4.77. The summed E-state index contributed by atoms with van der Waals surface area (Å²) >= 11 is 2.25. The maximum Gasteiger partial charge on any atom is 0.238 e. The number of nitrogens with zero attached hydrogens (tertiary/aromatic N) is 2. The Bertz CT molecular complexity index is 413. The standard InChI is InChI=1S/C14H20IN3O/c1-2-17-7-9-18(10-8-17)11-14(19)16-13-5-3-12(15)4-6-13/h3-6H,2,7-11H2,1H3,(H,16,19). The number of nitrogens with one attached hydrogen (secondary N) is 1. The molecule has 1 aromatic rings. The summed E-state index contributed by atoms with van der Waals surface area (Å²) in [4.78, 5) is 16.6. The summed E-state index contributed by atoms with van der Waals surface area (Å²) in [5.74, 6) is 0.0751. The van der Waals surface area contributed by atoms with Gasteiger partial charge in [0.15, 0.2) is 0 Å². The molecule has 0 aliphatic carbocycles. The summed E-state index contributed by atoms with van der Waals surface area (Å²) < 4.78 is 1.17. The Labute approximate surface area is 128 Å². The van der Waals surface area contributed by atoms with Crippen molar-refractivity contribution in [3.63, 3.8) is 0 Å². The monoisotopic (exact) mass is 373 g/mol. The van der Waals surface area contributed by atoms with Crippen LogP contribution >= 0.6 is 22.6 Å². The highest BCUT2D eigenvalue weighted by atomic mass is 127. The average Bonchev–Trinajstić information content (AvgIpc) is 2.42. The van der Waals surface area contributed by atoms with Gasteiger partial charge in [-0.05, 0) is 53.4 Å². The molecule has 4 nitrogen and oxygen atoms in total. The van der Waals surface area contributed by atoms with E-state index in [2.05, 4.69) is 44.6 Å². The second-order valence-corrected chi connectivity index (χ2v) is 6.01. The van der Waals surface area contributed by atoms with Crippen molar-refractivity contribution < 1.29 is 4.79 Å². The lowest BCUT2D eigenvalue weighted by Gasteiger charge is -2.33. The van der Waals surface area contributed by atoms with Crippen LogP contribution in [0, 0.1) is 3.57 Å². The molecule has 1 aliphatic rings. The van der Waals surface area contributed by atoms with Crippen molar-refractivity contribution in [1.29, 1.82) is 0 Å². The first-order valence-electron chi connectivity index (χ1n) is 6.67. The van der Waals surface area contributed by atoms with E-state index in [0.717, 1.165) is 38.4 Å². The topological polar surface area (TPSA) is 35.6 Å². The maximum atomic E-state index is 11.9. The Morgan fingerprint density at radius 3 is 2.32 bits per heavy atom. The number of carbonyl (C=O) groups excluding carboxylic acids is 1. The number of carbonyl (C=O) groups is 1. The molecule has 1 N–H and O–H groups in total. The fourth-order valence-corrected chi connectivity index (χ4v) is 2.56. The summed E-state index contributed by atoms with van der Waals surface area (Å²) in [6.07, 6.45) is 0. The Morgan fingerprint density at radius 2 is 1.74 bits per heavy atom. The van der Waals surface area contributed by atoms with E-state index < -0.39 is 0 Å². The van der Waals surface area contributed by atoms with Gasteiger partial charge in [0.1, 0.15) is 0 Å². The van der Waals surface area contributed by atoms with Crippen molar-refractivity contribution in [2.75, 3.05) is 44.6 Å². The third kappa shape index (κ3) is 4.74. The minimum atomic E-state index is 0.0751. The van der Waals surface area contributed by atoms with Crippen LogP contribution in [0.5, 0.6) is 0 Å². The third-order valence-electron chi connectivity index (χ3n) is 3.41. The number of hydrogen-bond donors (Lipinski definition) is 1. The minimum Gasteiger partial charge on any atom is -0.325 e. The zero-order chi connectivity index (χ0) is 13.7. The van der Waals surface area contributed by atoms with Gasteiger partial charge in [0.05, 0.1) is 6.54 Å². The van der Waals surface area contributed by atoms with Crippen molar-refractivity contribution in [2.24, 2.45) is 0 Å². The highest BCUT2D eigenvalue weighted by Gasteiger charge is 2.17. The van der Waals surface area contributed by atoms with Crippen LogP contribution < -0.4 is 5.32 Å². The van der Waals surface area contributed by atoms with Crippen LogP contribution in [0.15, 0.2) is 24.3 Å². The largest absolute Gasteiger partial charge is 0.325 e. The van der Waals surface area contributed by atoms with Crippen LogP contribution in [-0.2, 0) is 4.79 Å². The van der Waals surface area contributed by atoms with Gasteiger partial charge in [0.25, 0.3) is 0 Å². The van der Waals surface area contributed by atoms with Crippen LogP contribution in [0.25, 0.3) is 0 Å². The molecule has 2 rings (SSSR count). The highest BCUT2D eigenvalue weighted by Crippen LogP contribution is 2.11. The first-order chi connectivity index (χ1) is 9.17. The van der Waals surface area contributed by atoms with Crippen molar-refractivity contribution in [1.82, 2.24) is 9.80 Å².